The predicted molar refractivity (Wildman–Crippen MR) is 76.7 cm³/mol. The summed E-state index contributed by atoms with van der Waals surface area (Å²) in [4.78, 5) is 30.5. The van der Waals surface area contributed by atoms with Gasteiger partial charge in [-0.15, -0.1) is 0 Å². The summed E-state index contributed by atoms with van der Waals surface area (Å²) in [5.74, 6) is 1.32. The van der Waals surface area contributed by atoms with Gasteiger partial charge >= 0.3 is 0 Å². The molecule has 7 nitrogen and oxygen atoms in total. The topological polar surface area (TPSA) is 83.9 Å². The average molecular weight is 284 g/mol. The molecule has 1 aliphatic heterocycles. The molecular weight excluding hydrogens is 268 g/mol. The molecule has 0 atom stereocenters. The van der Waals surface area contributed by atoms with E-state index in [0.29, 0.717) is 5.82 Å². The summed E-state index contributed by atoms with van der Waals surface area (Å²) < 4.78 is 0. The summed E-state index contributed by atoms with van der Waals surface area (Å²) >= 11 is 0. The van der Waals surface area contributed by atoms with Gasteiger partial charge in [0.05, 0.1) is 6.54 Å². The van der Waals surface area contributed by atoms with E-state index in [-0.39, 0.29) is 18.3 Å². The Labute approximate surface area is 122 Å². The molecule has 1 aliphatic rings. The van der Waals surface area contributed by atoms with Crippen LogP contribution in [-0.2, 0) is 6.54 Å². The van der Waals surface area contributed by atoms with Crippen LogP contribution in [-0.4, -0.2) is 38.9 Å². The fourth-order valence-electron chi connectivity index (χ4n) is 2.25. The summed E-state index contributed by atoms with van der Waals surface area (Å²) in [6.45, 7) is 2.32. The molecule has 2 aromatic rings. The molecule has 1 saturated heterocycles. The average Bonchev–Trinajstić information content (AvgIpc) is 3.08. The van der Waals surface area contributed by atoms with Crippen LogP contribution >= 0.6 is 0 Å². The number of anilines is 1. The van der Waals surface area contributed by atoms with Crippen molar-refractivity contribution in [3.05, 3.63) is 42.4 Å². The third kappa shape index (κ3) is 3.31. The highest BCUT2D eigenvalue weighted by atomic mass is 16.2. The lowest BCUT2D eigenvalue weighted by atomic mass is 10.4. The molecule has 0 aromatic carbocycles. The second kappa shape index (κ2) is 6.25. The largest absolute Gasteiger partial charge is 0.357 e. The zero-order chi connectivity index (χ0) is 14.5. The maximum atomic E-state index is 11.9. The zero-order valence-corrected chi connectivity index (χ0v) is 11.6. The molecule has 1 amide bonds. The maximum absolute atomic E-state index is 11.9. The Morgan fingerprint density at radius 1 is 1.14 bits per heavy atom. The number of aromatic nitrogens is 4. The minimum Gasteiger partial charge on any atom is -0.357 e. The second-order valence-corrected chi connectivity index (χ2v) is 4.78. The number of hydrogen-bond acceptors (Lipinski definition) is 6. The molecule has 1 fully saturated rings. The van der Waals surface area contributed by atoms with Crippen LogP contribution in [0.2, 0.25) is 0 Å². The molecule has 0 aliphatic carbocycles. The van der Waals surface area contributed by atoms with E-state index in [9.17, 15) is 4.79 Å². The molecule has 3 heterocycles. The van der Waals surface area contributed by atoms with Crippen molar-refractivity contribution in [1.29, 1.82) is 0 Å². The molecule has 0 spiro atoms. The van der Waals surface area contributed by atoms with Gasteiger partial charge in [0.1, 0.15) is 11.6 Å². The Morgan fingerprint density at radius 3 is 2.67 bits per heavy atom. The summed E-state index contributed by atoms with van der Waals surface area (Å²) in [6, 6.07) is 3.57. The van der Waals surface area contributed by atoms with Crippen LogP contribution in [0.25, 0.3) is 0 Å². The van der Waals surface area contributed by atoms with Gasteiger partial charge in [-0.05, 0) is 25.0 Å². The molecule has 2 aromatic heterocycles. The summed E-state index contributed by atoms with van der Waals surface area (Å²) in [5, 5.41) is 2.73. The minimum absolute atomic E-state index is 0.146. The molecule has 1 N–H and O–H groups in total. The smallest absolute Gasteiger partial charge is 0.289 e. The van der Waals surface area contributed by atoms with E-state index in [2.05, 4.69) is 30.2 Å². The van der Waals surface area contributed by atoms with Crippen LogP contribution in [0.4, 0.5) is 5.82 Å². The molecule has 0 saturated carbocycles. The highest BCUT2D eigenvalue weighted by Crippen LogP contribution is 2.16. The Hall–Kier alpha value is -2.57. The Morgan fingerprint density at radius 2 is 1.90 bits per heavy atom. The maximum Gasteiger partial charge on any atom is 0.289 e. The van der Waals surface area contributed by atoms with Gasteiger partial charge in [-0.1, -0.05) is 0 Å². The van der Waals surface area contributed by atoms with Gasteiger partial charge in [0.15, 0.2) is 0 Å². The number of hydrogen-bond donors (Lipinski definition) is 1. The zero-order valence-electron chi connectivity index (χ0n) is 11.6. The third-order valence-electron chi connectivity index (χ3n) is 3.30. The van der Waals surface area contributed by atoms with Crippen molar-refractivity contribution in [2.45, 2.75) is 19.4 Å². The van der Waals surface area contributed by atoms with Crippen molar-refractivity contribution in [2.75, 3.05) is 18.0 Å². The lowest BCUT2D eigenvalue weighted by Gasteiger charge is -2.16. The van der Waals surface area contributed by atoms with Gasteiger partial charge in [-0.3, -0.25) is 4.79 Å². The first kappa shape index (κ1) is 13.4. The first-order valence-corrected chi connectivity index (χ1v) is 6.95. The van der Waals surface area contributed by atoms with Gasteiger partial charge < -0.3 is 10.2 Å². The van der Waals surface area contributed by atoms with Crippen molar-refractivity contribution in [2.24, 2.45) is 0 Å². The summed E-state index contributed by atoms with van der Waals surface area (Å²) in [5.41, 5.74) is 0. The molecule has 7 heteroatoms. The van der Waals surface area contributed by atoms with Crippen molar-refractivity contribution < 1.29 is 4.79 Å². The SMILES string of the molecule is O=C(NCc1nccc(N2CCCC2)n1)c1ncccn1. The number of nitrogens with zero attached hydrogens (tertiary/aromatic N) is 5. The van der Waals surface area contributed by atoms with Crippen molar-refractivity contribution >= 4 is 11.7 Å². The van der Waals surface area contributed by atoms with Crippen LogP contribution in [0.3, 0.4) is 0 Å². The van der Waals surface area contributed by atoms with E-state index in [1.165, 1.54) is 25.2 Å². The van der Waals surface area contributed by atoms with E-state index >= 15 is 0 Å². The van der Waals surface area contributed by atoms with Crippen molar-refractivity contribution in [3.63, 3.8) is 0 Å². The quantitative estimate of drug-likeness (QED) is 0.894. The Balaban J connectivity index is 1.63. The molecule has 108 valence electrons. The number of rotatable bonds is 4. The standard InChI is InChI=1S/C14H16N6O/c21-14(13-16-5-3-6-17-13)18-10-11-15-7-4-12(19-11)20-8-1-2-9-20/h3-7H,1-2,8-10H2,(H,18,21). The lowest BCUT2D eigenvalue weighted by molar-refractivity contribution is 0.0939. The summed E-state index contributed by atoms with van der Waals surface area (Å²) in [7, 11) is 0. The summed E-state index contributed by atoms with van der Waals surface area (Å²) in [6.07, 6.45) is 7.18. The normalized spacial score (nSPS) is 14.2. The first-order chi connectivity index (χ1) is 10.3. The van der Waals surface area contributed by atoms with Crippen molar-refractivity contribution in [3.8, 4) is 0 Å². The van der Waals surface area contributed by atoms with E-state index in [1.54, 1.807) is 12.3 Å². The van der Waals surface area contributed by atoms with Gasteiger partial charge in [0.25, 0.3) is 5.91 Å². The molecule has 0 unspecified atom stereocenters. The molecule has 0 radical (unpaired) electrons. The fraction of sp³-hybridized carbons (Fsp3) is 0.357. The first-order valence-electron chi connectivity index (χ1n) is 6.95. The number of amides is 1. The Kier molecular flexibility index (Phi) is 3.99. The molecule has 0 bridgehead atoms. The van der Waals surface area contributed by atoms with Crippen LogP contribution in [0.1, 0.15) is 29.3 Å². The predicted octanol–water partition coefficient (Wildman–Crippen LogP) is 0.797. The van der Waals surface area contributed by atoms with Gasteiger partial charge in [0.2, 0.25) is 5.82 Å². The number of carbonyl (C=O) groups is 1. The van der Waals surface area contributed by atoms with Crippen LogP contribution in [0.5, 0.6) is 0 Å². The highest BCUT2D eigenvalue weighted by Gasteiger charge is 2.14. The van der Waals surface area contributed by atoms with Crippen LogP contribution in [0.15, 0.2) is 30.7 Å². The Bertz CT molecular complexity index is 612. The highest BCUT2D eigenvalue weighted by molar-refractivity contribution is 5.90. The molecule has 21 heavy (non-hydrogen) atoms. The number of carbonyl (C=O) groups excluding carboxylic acids is 1. The van der Waals surface area contributed by atoms with Gasteiger partial charge in [0, 0.05) is 31.7 Å². The van der Waals surface area contributed by atoms with Crippen LogP contribution in [0, 0.1) is 0 Å². The molecular formula is C14H16N6O. The fourth-order valence-corrected chi connectivity index (χ4v) is 2.25. The molecule has 3 rings (SSSR count). The van der Waals surface area contributed by atoms with Gasteiger partial charge in [-0.25, -0.2) is 19.9 Å². The lowest BCUT2D eigenvalue weighted by Crippen LogP contribution is -2.26. The van der Waals surface area contributed by atoms with E-state index in [4.69, 9.17) is 0 Å². The minimum atomic E-state index is -0.328. The second-order valence-electron chi connectivity index (χ2n) is 4.78. The van der Waals surface area contributed by atoms with E-state index in [1.807, 2.05) is 6.07 Å². The monoisotopic (exact) mass is 284 g/mol. The number of nitrogens with one attached hydrogen (secondary N) is 1. The van der Waals surface area contributed by atoms with E-state index in [0.717, 1.165) is 18.9 Å². The van der Waals surface area contributed by atoms with E-state index < -0.39 is 0 Å². The van der Waals surface area contributed by atoms with Crippen molar-refractivity contribution in [1.82, 2.24) is 25.3 Å². The third-order valence-corrected chi connectivity index (χ3v) is 3.30. The van der Waals surface area contributed by atoms with Gasteiger partial charge in [-0.2, -0.15) is 0 Å². The van der Waals surface area contributed by atoms with Crippen LogP contribution < -0.4 is 10.2 Å².